The molecule has 5 rings (SSSR count). The van der Waals surface area contributed by atoms with Gasteiger partial charge in [0.2, 0.25) is 0 Å². The highest BCUT2D eigenvalue weighted by Gasteiger charge is 2.36. The zero-order valence-corrected chi connectivity index (χ0v) is 20.7. The van der Waals surface area contributed by atoms with E-state index in [2.05, 4.69) is 19.9 Å². The van der Waals surface area contributed by atoms with Crippen LogP contribution in [0.1, 0.15) is 24.0 Å². The second kappa shape index (κ2) is 10.9. The first-order valence-electron chi connectivity index (χ1n) is 12.4. The number of nitrogens with zero attached hydrogens (tertiary/aromatic N) is 5. The van der Waals surface area contributed by atoms with Gasteiger partial charge in [-0.3, -0.25) is 9.80 Å². The standard InChI is InChI=1S/C28H29N5O4/c1-19-13-26(30-31-27(19)24-11-10-21(29-2)14-25(24)34)33(28(35)37-16-20-7-4-3-5-8-20)22-9-6-12-32(15-22)23-17-36-18-23/h3-5,7-8,10-11,13-14,22-23,34H,6,9,12,15-18H2,1H3/t22-/m1/s1. The van der Waals surface area contributed by atoms with Crippen molar-refractivity contribution in [1.29, 1.82) is 0 Å². The molecule has 2 fully saturated rings. The first kappa shape index (κ1) is 24.7. The van der Waals surface area contributed by atoms with E-state index < -0.39 is 6.09 Å². The number of hydrogen-bond acceptors (Lipinski definition) is 7. The fraction of sp³-hybridized carbons (Fsp3) is 0.357. The van der Waals surface area contributed by atoms with Crippen molar-refractivity contribution >= 4 is 17.6 Å². The molecular weight excluding hydrogens is 470 g/mol. The molecule has 0 radical (unpaired) electrons. The van der Waals surface area contributed by atoms with Gasteiger partial charge in [0, 0.05) is 12.1 Å². The molecule has 1 aromatic heterocycles. The minimum absolute atomic E-state index is 0.0385. The maximum absolute atomic E-state index is 13.5. The van der Waals surface area contributed by atoms with Crippen LogP contribution in [0.25, 0.3) is 16.1 Å². The number of rotatable bonds is 6. The first-order chi connectivity index (χ1) is 18.0. The van der Waals surface area contributed by atoms with Crippen LogP contribution in [0.15, 0.2) is 54.6 Å². The Morgan fingerprint density at radius 1 is 1.22 bits per heavy atom. The Morgan fingerprint density at radius 2 is 2.03 bits per heavy atom. The summed E-state index contributed by atoms with van der Waals surface area (Å²) in [6, 6.07) is 16.3. The highest BCUT2D eigenvalue weighted by molar-refractivity contribution is 5.87. The second-order valence-electron chi connectivity index (χ2n) is 9.44. The van der Waals surface area contributed by atoms with Crippen molar-refractivity contribution in [2.45, 2.75) is 38.5 Å². The van der Waals surface area contributed by atoms with Crippen molar-refractivity contribution in [3.8, 4) is 17.0 Å². The number of carbonyl (C=O) groups excluding carboxylic acids is 1. The van der Waals surface area contributed by atoms with Gasteiger partial charge in [-0.05, 0) is 49.6 Å². The van der Waals surface area contributed by atoms with Crippen molar-refractivity contribution < 1.29 is 19.4 Å². The Kier molecular flexibility index (Phi) is 7.30. The fourth-order valence-electron chi connectivity index (χ4n) is 4.82. The van der Waals surface area contributed by atoms with E-state index in [1.54, 1.807) is 23.1 Å². The Hall–Kier alpha value is -4.00. The summed E-state index contributed by atoms with van der Waals surface area (Å²) in [6.45, 7) is 12.3. The van der Waals surface area contributed by atoms with Crippen LogP contribution in [-0.2, 0) is 16.1 Å². The lowest BCUT2D eigenvalue weighted by atomic mass is 10.0. The van der Waals surface area contributed by atoms with E-state index in [4.69, 9.17) is 16.0 Å². The van der Waals surface area contributed by atoms with Crippen LogP contribution in [0.5, 0.6) is 5.75 Å². The Bertz CT molecular complexity index is 1310. The normalized spacial score (nSPS) is 18.0. The van der Waals surface area contributed by atoms with Gasteiger partial charge in [-0.25, -0.2) is 9.64 Å². The maximum atomic E-state index is 13.5. The Morgan fingerprint density at radius 3 is 2.70 bits per heavy atom. The number of phenols is 1. The van der Waals surface area contributed by atoms with E-state index in [9.17, 15) is 9.90 Å². The number of ether oxygens (including phenoxy) is 2. The van der Waals surface area contributed by atoms with Gasteiger partial charge in [-0.1, -0.05) is 42.5 Å². The molecule has 2 aliphatic heterocycles. The average Bonchev–Trinajstić information content (AvgIpc) is 2.88. The molecule has 190 valence electrons. The van der Waals surface area contributed by atoms with E-state index in [-0.39, 0.29) is 18.4 Å². The summed E-state index contributed by atoms with van der Waals surface area (Å²) < 4.78 is 11.1. The van der Waals surface area contributed by atoms with E-state index in [1.165, 1.54) is 6.07 Å². The lowest BCUT2D eigenvalue weighted by molar-refractivity contribution is -0.0719. The highest BCUT2D eigenvalue weighted by atomic mass is 16.6. The average molecular weight is 500 g/mol. The number of amides is 1. The predicted molar refractivity (Wildman–Crippen MR) is 138 cm³/mol. The SMILES string of the molecule is [C-]#[N+]c1ccc(-c2nnc(N(C(=O)OCc3ccccc3)[C@@H]3CCCN(C4COC4)C3)cc2C)c(O)c1. The van der Waals surface area contributed by atoms with Crippen LogP contribution in [0.3, 0.4) is 0 Å². The zero-order chi connectivity index (χ0) is 25.8. The summed E-state index contributed by atoms with van der Waals surface area (Å²) >= 11 is 0. The predicted octanol–water partition coefficient (Wildman–Crippen LogP) is 4.71. The molecule has 0 spiro atoms. The van der Waals surface area contributed by atoms with E-state index >= 15 is 0 Å². The van der Waals surface area contributed by atoms with Crippen LogP contribution in [0.2, 0.25) is 0 Å². The number of anilines is 1. The summed E-state index contributed by atoms with van der Waals surface area (Å²) in [4.78, 5) is 20.8. The second-order valence-corrected chi connectivity index (χ2v) is 9.44. The molecule has 0 unspecified atom stereocenters. The first-order valence-corrected chi connectivity index (χ1v) is 12.4. The van der Waals surface area contributed by atoms with E-state index in [1.807, 2.05) is 37.3 Å². The summed E-state index contributed by atoms with van der Waals surface area (Å²) in [5, 5.41) is 19.3. The van der Waals surface area contributed by atoms with Gasteiger partial charge in [-0.2, -0.15) is 0 Å². The number of carbonyl (C=O) groups is 1. The monoisotopic (exact) mass is 499 g/mol. The van der Waals surface area contributed by atoms with Crippen molar-refractivity contribution in [3.63, 3.8) is 0 Å². The number of phenolic OH excluding ortho intramolecular Hbond substituents is 1. The summed E-state index contributed by atoms with van der Waals surface area (Å²) in [5.74, 6) is 0.372. The number of benzene rings is 2. The molecule has 0 aliphatic carbocycles. The van der Waals surface area contributed by atoms with Gasteiger partial charge in [0.05, 0.1) is 37.6 Å². The third-order valence-corrected chi connectivity index (χ3v) is 6.92. The van der Waals surface area contributed by atoms with Crippen molar-refractivity contribution in [1.82, 2.24) is 15.1 Å². The van der Waals surface area contributed by atoms with E-state index in [0.717, 1.165) is 30.5 Å². The quantitative estimate of drug-likeness (QED) is 0.491. The van der Waals surface area contributed by atoms with Gasteiger partial charge >= 0.3 is 6.09 Å². The molecular formula is C28H29N5O4. The molecule has 0 bridgehead atoms. The van der Waals surface area contributed by atoms with E-state index in [0.29, 0.717) is 48.6 Å². The van der Waals surface area contributed by atoms with Crippen LogP contribution >= 0.6 is 0 Å². The third kappa shape index (κ3) is 5.40. The minimum Gasteiger partial charge on any atom is -0.509 e. The molecule has 3 heterocycles. The Labute approximate surface area is 216 Å². The van der Waals surface area contributed by atoms with Gasteiger partial charge in [0.25, 0.3) is 0 Å². The molecule has 37 heavy (non-hydrogen) atoms. The fourth-order valence-corrected chi connectivity index (χ4v) is 4.82. The van der Waals surface area contributed by atoms with Gasteiger partial charge in [0.15, 0.2) is 11.5 Å². The maximum Gasteiger partial charge on any atom is 0.416 e. The number of aryl methyl sites for hydroxylation is 1. The zero-order valence-electron chi connectivity index (χ0n) is 20.7. The van der Waals surface area contributed by atoms with Crippen molar-refractivity contribution in [2.75, 3.05) is 31.2 Å². The summed E-state index contributed by atoms with van der Waals surface area (Å²) in [7, 11) is 0. The molecule has 2 saturated heterocycles. The smallest absolute Gasteiger partial charge is 0.416 e. The van der Waals surface area contributed by atoms with Crippen molar-refractivity contribution in [2.24, 2.45) is 0 Å². The van der Waals surface area contributed by atoms with Crippen LogP contribution in [0, 0.1) is 13.5 Å². The molecule has 3 aromatic rings. The lowest BCUT2D eigenvalue weighted by Crippen LogP contribution is -2.57. The Balaban J connectivity index is 1.43. The molecule has 1 atom stereocenters. The van der Waals surface area contributed by atoms with Gasteiger partial charge < -0.3 is 14.6 Å². The number of hydrogen-bond donors (Lipinski definition) is 1. The molecule has 0 saturated carbocycles. The molecule has 9 nitrogen and oxygen atoms in total. The highest BCUT2D eigenvalue weighted by Crippen LogP contribution is 2.34. The van der Waals surface area contributed by atoms with Gasteiger partial charge in [0.1, 0.15) is 12.4 Å². The topological polar surface area (TPSA) is 92.4 Å². The van der Waals surface area contributed by atoms with Gasteiger partial charge in [-0.15, -0.1) is 10.2 Å². The molecule has 2 aliphatic rings. The van der Waals surface area contributed by atoms with Crippen LogP contribution in [0.4, 0.5) is 16.3 Å². The number of piperidine rings is 1. The molecule has 1 amide bonds. The molecule has 9 heteroatoms. The van der Waals surface area contributed by atoms with Crippen LogP contribution < -0.4 is 4.90 Å². The molecule has 2 aromatic carbocycles. The third-order valence-electron chi connectivity index (χ3n) is 6.92. The number of likely N-dealkylation sites (tertiary alicyclic amines) is 1. The number of aromatic nitrogens is 2. The lowest BCUT2D eigenvalue weighted by Gasteiger charge is -2.44. The minimum atomic E-state index is -0.466. The van der Waals surface area contributed by atoms with Crippen molar-refractivity contribution in [3.05, 3.63) is 77.1 Å². The summed E-state index contributed by atoms with van der Waals surface area (Å²) in [5.41, 5.74) is 2.97. The largest absolute Gasteiger partial charge is 0.509 e. The molecule has 1 N–H and O–H groups in total. The van der Waals surface area contributed by atoms with Crippen LogP contribution in [-0.4, -0.2) is 64.7 Å². The summed E-state index contributed by atoms with van der Waals surface area (Å²) in [6.07, 6.45) is 1.31. The number of aromatic hydroxyl groups is 1.